The Morgan fingerprint density at radius 3 is 2.75 bits per heavy atom. The molecule has 2 aromatic heterocycles. The fourth-order valence-corrected chi connectivity index (χ4v) is 1.88. The topological polar surface area (TPSA) is 83.5 Å². The SMILES string of the molecule is COc1ccccc1-c1cn(Cc2nnnn2C)nn1. The minimum absolute atomic E-state index is 0.464. The minimum Gasteiger partial charge on any atom is -0.496 e. The largest absolute Gasteiger partial charge is 0.496 e. The van der Waals surface area contributed by atoms with Crippen molar-refractivity contribution in [3.8, 4) is 17.0 Å². The third kappa shape index (κ3) is 2.22. The molecule has 0 aliphatic heterocycles. The molecule has 1 aromatic carbocycles. The van der Waals surface area contributed by atoms with Crippen molar-refractivity contribution in [1.29, 1.82) is 0 Å². The maximum atomic E-state index is 5.32. The zero-order chi connectivity index (χ0) is 13.9. The molecule has 8 nitrogen and oxygen atoms in total. The molecule has 3 aromatic rings. The highest BCUT2D eigenvalue weighted by atomic mass is 16.5. The van der Waals surface area contributed by atoms with Gasteiger partial charge in [0.25, 0.3) is 0 Å². The molecule has 2 heterocycles. The Hall–Kier alpha value is -2.77. The van der Waals surface area contributed by atoms with E-state index in [0.717, 1.165) is 17.0 Å². The van der Waals surface area contributed by atoms with Crippen molar-refractivity contribution in [2.75, 3.05) is 7.11 Å². The number of tetrazole rings is 1. The lowest BCUT2D eigenvalue weighted by molar-refractivity contribution is 0.416. The summed E-state index contributed by atoms with van der Waals surface area (Å²) in [7, 11) is 3.42. The Morgan fingerprint density at radius 1 is 1.15 bits per heavy atom. The summed E-state index contributed by atoms with van der Waals surface area (Å²) in [4.78, 5) is 0. The van der Waals surface area contributed by atoms with Crippen molar-refractivity contribution in [3.63, 3.8) is 0 Å². The number of para-hydroxylation sites is 1. The van der Waals surface area contributed by atoms with Gasteiger partial charge >= 0.3 is 0 Å². The van der Waals surface area contributed by atoms with Crippen LogP contribution in [-0.2, 0) is 13.6 Å². The van der Waals surface area contributed by atoms with Gasteiger partial charge in [0, 0.05) is 12.6 Å². The van der Waals surface area contributed by atoms with E-state index in [1.165, 1.54) is 0 Å². The average Bonchev–Trinajstić information content (AvgIpc) is 3.09. The fraction of sp³-hybridized carbons (Fsp3) is 0.250. The zero-order valence-electron chi connectivity index (χ0n) is 11.1. The molecule has 8 heteroatoms. The Bertz CT molecular complexity index is 718. The van der Waals surface area contributed by atoms with E-state index in [1.807, 2.05) is 30.5 Å². The van der Waals surface area contributed by atoms with Crippen LogP contribution < -0.4 is 4.74 Å². The quantitative estimate of drug-likeness (QED) is 0.688. The molecule has 0 bridgehead atoms. The molecule has 20 heavy (non-hydrogen) atoms. The van der Waals surface area contributed by atoms with Gasteiger partial charge in [-0.05, 0) is 22.6 Å². The van der Waals surface area contributed by atoms with E-state index in [0.29, 0.717) is 12.4 Å². The molecule has 0 saturated heterocycles. The first kappa shape index (κ1) is 12.3. The molecule has 0 saturated carbocycles. The molecule has 0 unspecified atom stereocenters. The van der Waals surface area contributed by atoms with Crippen LogP contribution in [0.4, 0.5) is 0 Å². The van der Waals surface area contributed by atoms with E-state index in [-0.39, 0.29) is 0 Å². The molecule has 0 atom stereocenters. The third-order valence-electron chi connectivity index (χ3n) is 2.93. The highest BCUT2D eigenvalue weighted by molar-refractivity contribution is 5.65. The number of nitrogens with zero attached hydrogens (tertiary/aromatic N) is 7. The van der Waals surface area contributed by atoms with Crippen molar-refractivity contribution < 1.29 is 4.74 Å². The fourth-order valence-electron chi connectivity index (χ4n) is 1.88. The molecule has 0 amide bonds. The predicted octanol–water partition coefficient (Wildman–Crippen LogP) is 0.525. The lowest BCUT2D eigenvalue weighted by Crippen LogP contribution is -2.07. The summed E-state index contributed by atoms with van der Waals surface area (Å²) in [5, 5.41) is 19.5. The predicted molar refractivity (Wildman–Crippen MR) is 69.9 cm³/mol. The number of hydrogen-bond acceptors (Lipinski definition) is 6. The van der Waals surface area contributed by atoms with Gasteiger partial charge in [0.15, 0.2) is 5.82 Å². The number of benzene rings is 1. The Kier molecular flexibility index (Phi) is 3.12. The van der Waals surface area contributed by atoms with Crippen molar-refractivity contribution in [2.45, 2.75) is 6.54 Å². The van der Waals surface area contributed by atoms with Crippen molar-refractivity contribution in [1.82, 2.24) is 35.2 Å². The monoisotopic (exact) mass is 271 g/mol. The number of aromatic nitrogens is 7. The lowest BCUT2D eigenvalue weighted by atomic mass is 10.1. The molecule has 3 rings (SSSR count). The van der Waals surface area contributed by atoms with Crippen LogP contribution in [0.1, 0.15) is 5.82 Å². The second-order valence-corrected chi connectivity index (χ2v) is 4.22. The van der Waals surface area contributed by atoms with Gasteiger partial charge in [0.1, 0.15) is 18.0 Å². The van der Waals surface area contributed by atoms with Gasteiger partial charge in [-0.3, -0.25) is 0 Å². The maximum Gasteiger partial charge on any atom is 0.172 e. The minimum atomic E-state index is 0.464. The van der Waals surface area contributed by atoms with Crippen molar-refractivity contribution in [3.05, 3.63) is 36.3 Å². The van der Waals surface area contributed by atoms with Crippen LogP contribution in [0, 0.1) is 0 Å². The van der Waals surface area contributed by atoms with E-state index in [9.17, 15) is 0 Å². The van der Waals surface area contributed by atoms with Gasteiger partial charge in [-0.15, -0.1) is 10.2 Å². The van der Waals surface area contributed by atoms with E-state index in [1.54, 1.807) is 23.5 Å². The number of aryl methyl sites for hydroxylation is 1. The second-order valence-electron chi connectivity index (χ2n) is 4.22. The zero-order valence-corrected chi connectivity index (χ0v) is 11.1. The first-order valence-corrected chi connectivity index (χ1v) is 6.02. The van der Waals surface area contributed by atoms with Crippen LogP contribution in [0.5, 0.6) is 5.75 Å². The van der Waals surface area contributed by atoms with E-state index in [2.05, 4.69) is 25.8 Å². The molecule has 0 spiro atoms. The summed E-state index contributed by atoms with van der Waals surface area (Å²) in [6.07, 6.45) is 1.84. The van der Waals surface area contributed by atoms with E-state index >= 15 is 0 Å². The highest BCUT2D eigenvalue weighted by Gasteiger charge is 2.10. The molecular formula is C12H13N7O. The second kappa shape index (κ2) is 5.08. The molecule has 0 N–H and O–H groups in total. The van der Waals surface area contributed by atoms with Crippen LogP contribution >= 0.6 is 0 Å². The Balaban J connectivity index is 1.89. The lowest BCUT2D eigenvalue weighted by Gasteiger charge is -2.04. The maximum absolute atomic E-state index is 5.32. The third-order valence-corrected chi connectivity index (χ3v) is 2.93. The van der Waals surface area contributed by atoms with Gasteiger partial charge in [-0.2, -0.15) is 0 Å². The first-order valence-electron chi connectivity index (χ1n) is 6.02. The van der Waals surface area contributed by atoms with Crippen molar-refractivity contribution >= 4 is 0 Å². The Morgan fingerprint density at radius 2 is 2.00 bits per heavy atom. The van der Waals surface area contributed by atoms with Crippen molar-refractivity contribution in [2.24, 2.45) is 7.05 Å². The smallest absolute Gasteiger partial charge is 0.172 e. The summed E-state index contributed by atoms with van der Waals surface area (Å²) < 4.78 is 8.61. The standard InChI is InChI=1S/C12H13N7O/c1-18-12(14-15-17-18)8-19-7-10(13-16-19)9-5-3-4-6-11(9)20-2/h3-7H,8H2,1-2H3. The summed E-state index contributed by atoms with van der Waals surface area (Å²) in [6, 6.07) is 7.68. The van der Waals surface area contributed by atoms with Gasteiger partial charge in [0.05, 0.1) is 13.3 Å². The van der Waals surface area contributed by atoms with Crippen LogP contribution in [-0.4, -0.2) is 42.3 Å². The summed E-state index contributed by atoms with van der Waals surface area (Å²) in [5.41, 5.74) is 1.65. The average molecular weight is 271 g/mol. The molecular weight excluding hydrogens is 258 g/mol. The molecule has 0 radical (unpaired) electrons. The number of methoxy groups -OCH3 is 1. The summed E-state index contributed by atoms with van der Waals surface area (Å²) in [5.74, 6) is 1.47. The van der Waals surface area contributed by atoms with Crippen LogP contribution in [0.15, 0.2) is 30.5 Å². The molecule has 102 valence electrons. The van der Waals surface area contributed by atoms with Crippen LogP contribution in [0.25, 0.3) is 11.3 Å². The first-order chi connectivity index (χ1) is 9.78. The van der Waals surface area contributed by atoms with E-state index in [4.69, 9.17) is 4.74 Å². The summed E-state index contributed by atoms with van der Waals surface area (Å²) in [6.45, 7) is 0.464. The van der Waals surface area contributed by atoms with Gasteiger partial charge in [-0.1, -0.05) is 17.3 Å². The molecule has 0 aliphatic rings. The number of hydrogen-bond donors (Lipinski definition) is 0. The normalized spacial score (nSPS) is 10.7. The molecule has 0 aliphatic carbocycles. The van der Waals surface area contributed by atoms with Gasteiger partial charge < -0.3 is 4.74 Å². The summed E-state index contributed by atoms with van der Waals surface area (Å²) >= 11 is 0. The van der Waals surface area contributed by atoms with E-state index < -0.39 is 0 Å². The Labute approximate surface area is 115 Å². The number of rotatable bonds is 4. The van der Waals surface area contributed by atoms with Crippen LogP contribution in [0.2, 0.25) is 0 Å². The highest BCUT2D eigenvalue weighted by Crippen LogP contribution is 2.27. The van der Waals surface area contributed by atoms with Gasteiger partial charge in [0.2, 0.25) is 0 Å². The molecule has 0 fully saturated rings. The van der Waals surface area contributed by atoms with Gasteiger partial charge in [-0.25, -0.2) is 9.36 Å². The van der Waals surface area contributed by atoms with Crippen LogP contribution in [0.3, 0.4) is 0 Å². The number of ether oxygens (including phenoxy) is 1.